The highest BCUT2D eigenvalue weighted by molar-refractivity contribution is 6.31. The Bertz CT molecular complexity index is 654. The average molecular weight is 322 g/mol. The number of anilines is 1. The monoisotopic (exact) mass is 321 g/mol. The number of hydrogen-bond acceptors (Lipinski definition) is 2. The van der Waals surface area contributed by atoms with Crippen molar-refractivity contribution in [1.82, 2.24) is 0 Å². The highest BCUT2D eigenvalue weighted by Gasteiger charge is 2.09. The Morgan fingerprint density at radius 2 is 1.62 bits per heavy atom. The lowest BCUT2D eigenvalue weighted by molar-refractivity contribution is -0.116. The largest absolute Gasteiger partial charge is 0.326 e. The van der Waals surface area contributed by atoms with E-state index in [0.29, 0.717) is 21.3 Å². The Hall–Kier alpha value is -1.84. The number of benzene rings is 2. The first-order valence-corrected chi connectivity index (χ1v) is 7.14. The van der Waals surface area contributed by atoms with E-state index in [0.717, 1.165) is 0 Å². The average Bonchev–Trinajstić information content (AvgIpc) is 2.45. The molecule has 108 valence electrons. The minimum Gasteiger partial charge on any atom is -0.326 e. The Labute approximate surface area is 132 Å². The van der Waals surface area contributed by atoms with Gasteiger partial charge in [0, 0.05) is 34.1 Å². The molecule has 0 fully saturated rings. The molecule has 0 aliphatic rings. The Balaban J connectivity index is 1.86. The number of ketones is 1. The normalized spacial score (nSPS) is 10.2. The van der Waals surface area contributed by atoms with Crippen molar-refractivity contribution in [2.45, 2.75) is 12.8 Å². The Kier molecular flexibility index (Phi) is 5.37. The lowest BCUT2D eigenvalue weighted by Gasteiger charge is -2.05. The van der Waals surface area contributed by atoms with Crippen LogP contribution in [0.1, 0.15) is 23.2 Å². The molecule has 2 rings (SSSR count). The number of nitrogens with one attached hydrogen (secondary N) is 1. The van der Waals surface area contributed by atoms with Gasteiger partial charge < -0.3 is 5.32 Å². The molecule has 0 atom stereocenters. The molecule has 0 spiro atoms. The maximum atomic E-state index is 11.9. The second-order valence-electron chi connectivity index (χ2n) is 4.49. The van der Waals surface area contributed by atoms with Gasteiger partial charge in [0.15, 0.2) is 5.78 Å². The van der Waals surface area contributed by atoms with Gasteiger partial charge in [-0.3, -0.25) is 9.59 Å². The second kappa shape index (κ2) is 7.25. The maximum Gasteiger partial charge on any atom is 0.224 e. The predicted octanol–water partition coefficient (Wildman–Crippen LogP) is 4.60. The number of Topliss-reactive ketones (excluding diaryl/α,β-unsaturated/α-hetero) is 1. The zero-order valence-corrected chi connectivity index (χ0v) is 12.6. The Morgan fingerprint density at radius 3 is 2.29 bits per heavy atom. The molecule has 21 heavy (non-hydrogen) atoms. The van der Waals surface area contributed by atoms with Crippen LogP contribution >= 0.6 is 23.2 Å². The fraction of sp³-hybridized carbons (Fsp3) is 0.125. The summed E-state index contributed by atoms with van der Waals surface area (Å²) in [6, 6.07) is 13.5. The molecule has 0 aliphatic heterocycles. The molecule has 1 amide bonds. The molecule has 3 nitrogen and oxygen atoms in total. The number of hydrogen-bond donors (Lipinski definition) is 1. The number of carbonyl (C=O) groups excluding carboxylic acids is 2. The van der Waals surface area contributed by atoms with Gasteiger partial charge in [0.25, 0.3) is 0 Å². The van der Waals surface area contributed by atoms with Crippen molar-refractivity contribution in [1.29, 1.82) is 0 Å². The van der Waals surface area contributed by atoms with Gasteiger partial charge in [-0.15, -0.1) is 0 Å². The van der Waals surface area contributed by atoms with Crippen LogP contribution in [0.4, 0.5) is 5.69 Å². The molecule has 2 aromatic carbocycles. The van der Waals surface area contributed by atoms with Crippen molar-refractivity contribution in [3.8, 4) is 0 Å². The molecule has 0 aromatic heterocycles. The number of carbonyl (C=O) groups is 2. The van der Waals surface area contributed by atoms with E-state index in [1.807, 2.05) is 0 Å². The van der Waals surface area contributed by atoms with E-state index in [1.54, 1.807) is 48.5 Å². The van der Waals surface area contributed by atoms with Gasteiger partial charge in [-0.1, -0.05) is 29.3 Å². The SMILES string of the molecule is O=C(CCC(=O)c1ccc(Cl)cc1)Nc1cccc(Cl)c1. The van der Waals surface area contributed by atoms with E-state index < -0.39 is 0 Å². The third kappa shape index (κ3) is 4.88. The standard InChI is InChI=1S/C16H13Cl2NO2/c17-12-6-4-11(5-7-12)15(20)8-9-16(21)19-14-3-1-2-13(18)10-14/h1-7,10H,8-9H2,(H,19,21). The van der Waals surface area contributed by atoms with E-state index in [4.69, 9.17) is 23.2 Å². The van der Waals surface area contributed by atoms with Crippen LogP contribution in [0.5, 0.6) is 0 Å². The van der Waals surface area contributed by atoms with Crippen molar-refractivity contribution < 1.29 is 9.59 Å². The lowest BCUT2D eigenvalue weighted by atomic mass is 10.1. The second-order valence-corrected chi connectivity index (χ2v) is 5.36. The Morgan fingerprint density at radius 1 is 0.905 bits per heavy atom. The zero-order chi connectivity index (χ0) is 15.2. The van der Waals surface area contributed by atoms with Crippen molar-refractivity contribution in [2.24, 2.45) is 0 Å². The topological polar surface area (TPSA) is 46.2 Å². The molecular weight excluding hydrogens is 309 g/mol. The van der Waals surface area contributed by atoms with Crippen LogP contribution in [-0.2, 0) is 4.79 Å². The molecule has 5 heteroatoms. The highest BCUT2D eigenvalue weighted by atomic mass is 35.5. The summed E-state index contributed by atoms with van der Waals surface area (Å²) in [7, 11) is 0. The van der Waals surface area contributed by atoms with E-state index in [9.17, 15) is 9.59 Å². The lowest BCUT2D eigenvalue weighted by Crippen LogP contribution is -2.13. The first-order valence-electron chi connectivity index (χ1n) is 6.39. The molecule has 0 unspecified atom stereocenters. The minimum atomic E-state index is -0.223. The van der Waals surface area contributed by atoms with Crippen molar-refractivity contribution in [3.63, 3.8) is 0 Å². The van der Waals surface area contributed by atoms with Crippen LogP contribution in [0.15, 0.2) is 48.5 Å². The van der Waals surface area contributed by atoms with Gasteiger partial charge in [0.1, 0.15) is 0 Å². The summed E-state index contributed by atoms with van der Waals surface area (Å²) in [5.74, 6) is -0.313. The highest BCUT2D eigenvalue weighted by Crippen LogP contribution is 2.16. The van der Waals surface area contributed by atoms with Gasteiger partial charge >= 0.3 is 0 Å². The van der Waals surface area contributed by atoms with Crippen molar-refractivity contribution in [3.05, 3.63) is 64.1 Å². The van der Waals surface area contributed by atoms with Gasteiger partial charge in [-0.25, -0.2) is 0 Å². The minimum absolute atomic E-state index is 0.0899. The third-order valence-corrected chi connectivity index (χ3v) is 3.34. The van der Waals surface area contributed by atoms with Gasteiger partial charge in [0.2, 0.25) is 5.91 Å². The first-order chi connectivity index (χ1) is 10.0. The van der Waals surface area contributed by atoms with Gasteiger partial charge in [-0.05, 0) is 42.5 Å². The predicted molar refractivity (Wildman–Crippen MR) is 85.1 cm³/mol. The van der Waals surface area contributed by atoms with E-state index in [-0.39, 0.29) is 24.5 Å². The summed E-state index contributed by atoms with van der Waals surface area (Å²) in [6.07, 6.45) is 0.266. The quantitative estimate of drug-likeness (QED) is 0.818. The molecule has 0 radical (unpaired) electrons. The van der Waals surface area contributed by atoms with Crippen LogP contribution in [0.2, 0.25) is 10.0 Å². The summed E-state index contributed by atoms with van der Waals surface area (Å²) in [6.45, 7) is 0. The molecule has 0 saturated heterocycles. The summed E-state index contributed by atoms with van der Waals surface area (Å²) >= 11 is 11.6. The molecule has 0 heterocycles. The van der Waals surface area contributed by atoms with Crippen LogP contribution in [0, 0.1) is 0 Å². The molecule has 1 N–H and O–H groups in total. The summed E-state index contributed by atoms with van der Waals surface area (Å²) in [4.78, 5) is 23.7. The van der Waals surface area contributed by atoms with Crippen LogP contribution in [-0.4, -0.2) is 11.7 Å². The van der Waals surface area contributed by atoms with E-state index >= 15 is 0 Å². The van der Waals surface area contributed by atoms with E-state index in [2.05, 4.69) is 5.32 Å². The molecule has 0 bridgehead atoms. The third-order valence-electron chi connectivity index (χ3n) is 2.85. The molecule has 2 aromatic rings. The summed E-state index contributed by atoms with van der Waals surface area (Å²) in [5, 5.41) is 3.82. The summed E-state index contributed by atoms with van der Waals surface area (Å²) < 4.78 is 0. The zero-order valence-electron chi connectivity index (χ0n) is 11.1. The van der Waals surface area contributed by atoms with Gasteiger partial charge in [-0.2, -0.15) is 0 Å². The van der Waals surface area contributed by atoms with Crippen LogP contribution in [0.3, 0.4) is 0 Å². The maximum absolute atomic E-state index is 11.9. The molecule has 0 saturated carbocycles. The number of amides is 1. The van der Waals surface area contributed by atoms with E-state index in [1.165, 1.54) is 0 Å². The smallest absolute Gasteiger partial charge is 0.224 e. The van der Waals surface area contributed by atoms with Crippen molar-refractivity contribution in [2.75, 3.05) is 5.32 Å². The number of halogens is 2. The fourth-order valence-corrected chi connectivity index (χ4v) is 2.11. The first kappa shape index (κ1) is 15.5. The van der Waals surface area contributed by atoms with Crippen LogP contribution in [0.25, 0.3) is 0 Å². The van der Waals surface area contributed by atoms with Crippen LogP contribution < -0.4 is 5.32 Å². The van der Waals surface area contributed by atoms with Crippen molar-refractivity contribution >= 4 is 40.6 Å². The molecular formula is C16H13Cl2NO2. The number of rotatable bonds is 5. The fourth-order valence-electron chi connectivity index (χ4n) is 1.80. The molecule has 0 aliphatic carbocycles. The van der Waals surface area contributed by atoms with Gasteiger partial charge in [0.05, 0.1) is 0 Å². The summed E-state index contributed by atoms with van der Waals surface area (Å²) in [5.41, 5.74) is 1.17.